The third kappa shape index (κ3) is 38.7. The van der Waals surface area contributed by atoms with Gasteiger partial charge in [0.05, 0.1) is 19.8 Å². The van der Waals surface area contributed by atoms with E-state index in [0.29, 0.717) is 13.0 Å². The van der Waals surface area contributed by atoms with Crippen molar-refractivity contribution in [2.24, 2.45) is 0 Å². The lowest BCUT2D eigenvalue weighted by Crippen LogP contribution is -2.59. The van der Waals surface area contributed by atoms with Crippen molar-refractivity contribution in [2.75, 3.05) is 26.4 Å². The molecule has 6 unspecified atom stereocenters. The average molecular weight is 927 g/mol. The lowest BCUT2D eigenvalue weighted by atomic mass is 9.99. The Kier molecular flexibility index (Phi) is 46.1. The fourth-order valence-electron chi connectivity index (χ4n) is 9.32. The van der Waals surface area contributed by atoms with Crippen molar-refractivity contribution >= 4 is 5.97 Å². The highest BCUT2D eigenvalue weighted by Gasteiger charge is 2.44. The molecular formula is C56H110O9. The molecule has 4 N–H and O–H groups in total. The van der Waals surface area contributed by atoms with Crippen molar-refractivity contribution in [3.05, 3.63) is 0 Å². The van der Waals surface area contributed by atoms with E-state index in [1.54, 1.807) is 0 Å². The number of aliphatic hydroxyl groups excluding tert-OH is 4. The number of ether oxygens (including phenoxy) is 4. The Morgan fingerprint density at radius 3 is 1.09 bits per heavy atom. The Morgan fingerprint density at radius 1 is 0.431 bits per heavy atom. The standard InChI is InChI=1S/C56H110O9/c1-3-5-7-9-11-13-15-17-19-21-22-23-24-25-26-27-28-29-30-32-34-36-38-40-42-44-46-62-48-50(49-63-56-55(61)54(60)53(59)51(47-57)65-56)64-52(58)45-43-41-39-37-35-33-31-20-18-16-14-12-10-8-6-4-2/h50-51,53-57,59-61H,3-49H2,1-2H3. The van der Waals surface area contributed by atoms with Crippen molar-refractivity contribution < 1.29 is 44.2 Å². The number of aliphatic hydroxyl groups is 4. The summed E-state index contributed by atoms with van der Waals surface area (Å²) in [5.74, 6) is -0.304. The molecule has 0 spiro atoms. The monoisotopic (exact) mass is 927 g/mol. The summed E-state index contributed by atoms with van der Waals surface area (Å²) in [7, 11) is 0. The number of hydrogen-bond acceptors (Lipinski definition) is 9. The van der Waals surface area contributed by atoms with E-state index in [2.05, 4.69) is 13.8 Å². The predicted molar refractivity (Wildman–Crippen MR) is 270 cm³/mol. The molecule has 1 saturated heterocycles. The van der Waals surface area contributed by atoms with E-state index in [0.717, 1.165) is 32.1 Å². The Hall–Kier alpha value is -0.810. The summed E-state index contributed by atoms with van der Waals surface area (Å²) < 4.78 is 23.0. The fraction of sp³-hybridized carbons (Fsp3) is 0.982. The molecule has 9 nitrogen and oxygen atoms in total. The van der Waals surface area contributed by atoms with Crippen molar-refractivity contribution in [3.8, 4) is 0 Å². The van der Waals surface area contributed by atoms with E-state index in [1.165, 1.54) is 238 Å². The second kappa shape index (κ2) is 48.2. The van der Waals surface area contributed by atoms with Crippen LogP contribution in [0.5, 0.6) is 0 Å². The van der Waals surface area contributed by atoms with Crippen LogP contribution in [-0.2, 0) is 23.7 Å². The number of rotatable bonds is 51. The molecule has 65 heavy (non-hydrogen) atoms. The van der Waals surface area contributed by atoms with Gasteiger partial charge in [-0.25, -0.2) is 0 Å². The first kappa shape index (κ1) is 62.2. The Balaban J connectivity index is 2.10. The van der Waals surface area contributed by atoms with Crippen LogP contribution in [0.3, 0.4) is 0 Å². The first-order valence-corrected chi connectivity index (χ1v) is 28.6. The third-order valence-electron chi connectivity index (χ3n) is 13.8. The number of unbranched alkanes of at least 4 members (excludes halogenated alkanes) is 40. The zero-order valence-electron chi connectivity index (χ0n) is 43.0. The van der Waals surface area contributed by atoms with E-state index >= 15 is 0 Å². The van der Waals surface area contributed by atoms with Gasteiger partial charge in [0.1, 0.15) is 30.5 Å². The normalized spacial score (nSPS) is 19.3. The van der Waals surface area contributed by atoms with Gasteiger partial charge in [0, 0.05) is 13.0 Å². The molecule has 1 aliphatic rings. The van der Waals surface area contributed by atoms with Gasteiger partial charge in [-0.15, -0.1) is 0 Å². The van der Waals surface area contributed by atoms with Gasteiger partial charge in [0.25, 0.3) is 0 Å². The molecule has 0 bridgehead atoms. The molecule has 0 aromatic carbocycles. The van der Waals surface area contributed by atoms with Crippen molar-refractivity contribution in [2.45, 2.75) is 327 Å². The molecule has 0 amide bonds. The van der Waals surface area contributed by atoms with Crippen LogP contribution in [0, 0.1) is 0 Å². The highest BCUT2D eigenvalue weighted by Crippen LogP contribution is 2.23. The van der Waals surface area contributed by atoms with Crippen molar-refractivity contribution in [1.29, 1.82) is 0 Å². The molecule has 1 rings (SSSR count). The van der Waals surface area contributed by atoms with Gasteiger partial charge < -0.3 is 39.4 Å². The molecule has 0 aromatic heterocycles. The topological polar surface area (TPSA) is 135 Å². The van der Waals surface area contributed by atoms with Crippen LogP contribution >= 0.6 is 0 Å². The van der Waals surface area contributed by atoms with E-state index < -0.39 is 43.4 Å². The summed E-state index contributed by atoms with van der Waals surface area (Å²) in [6.07, 6.45) is 48.7. The molecule has 0 radical (unpaired) electrons. The van der Waals surface area contributed by atoms with Crippen molar-refractivity contribution in [3.63, 3.8) is 0 Å². The van der Waals surface area contributed by atoms with Crippen LogP contribution in [0.1, 0.15) is 290 Å². The molecule has 1 fully saturated rings. The molecule has 1 heterocycles. The maximum atomic E-state index is 12.8. The van der Waals surface area contributed by atoms with Gasteiger partial charge in [0.15, 0.2) is 6.29 Å². The summed E-state index contributed by atoms with van der Waals surface area (Å²) in [4.78, 5) is 12.8. The SMILES string of the molecule is CCCCCCCCCCCCCCCCCCCCCCCCCCCCOCC(COC1OC(CO)C(O)C(O)C1O)OC(=O)CCCCCCCCCCCCCCCCCC. The smallest absolute Gasteiger partial charge is 0.306 e. The first-order valence-electron chi connectivity index (χ1n) is 28.6. The number of carbonyl (C=O) groups excluding carboxylic acids is 1. The molecule has 0 saturated carbocycles. The minimum atomic E-state index is -1.53. The summed E-state index contributed by atoms with van der Waals surface area (Å²) >= 11 is 0. The van der Waals surface area contributed by atoms with Crippen molar-refractivity contribution in [1.82, 2.24) is 0 Å². The molecule has 0 aromatic rings. The van der Waals surface area contributed by atoms with E-state index in [9.17, 15) is 25.2 Å². The Bertz CT molecular complexity index is 966. The predicted octanol–water partition coefficient (Wildman–Crippen LogP) is 14.5. The second-order valence-corrected chi connectivity index (χ2v) is 20.1. The van der Waals surface area contributed by atoms with Gasteiger partial charge >= 0.3 is 5.97 Å². The van der Waals surface area contributed by atoms with Crippen LogP contribution < -0.4 is 0 Å². The number of esters is 1. The van der Waals surface area contributed by atoms with Gasteiger partial charge in [0.2, 0.25) is 0 Å². The largest absolute Gasteiger partial charge is 0.457 e. The van der Waals surface area contributed by atoms with Crippen LogP contribution in [0.15, 0.2) is 0 Å². The second-order valence-electron chi connectivity index (χ2n) is 20.1. The lowest BCUT2D eigenvalue weighted by Gasteiger charge is -2.39. The van der Waals surface area contributed by atoms with Crippen LogP contribution in [0.25, 0.3) is 0 Å². The quantitative estimate of drug-likeness (QED) is 0.0347. The summed E-state index contributed by atoms with van der Waals surface area (Å²) in [5.41, 5.74) is 0. The average Bonchev–Trinajstić information content (AvgIpc) is 3.31. The number of carbonyl (C=O) groups is 1. The summed E-state index contributed by atoms with van der Waals surface area (Å²) in [6, 6.07) is 0. The molecule has 6 atom stereocenters. The third-order valence-corrected chi connectivity index (χ3v) is 13.8. The first-order chi connectivity index (χ1) is 31.9. The molecule has 0 aliphatic carbocycles. The van der Waals surface area contributed by atoms with Gasteiger partial charge in [-0.2, -0.15) is 0 Å². The van der Waals surface area contributed by atoms with E-state index in [1.807, 2.05) is 0 Å². The minimum Gasteiger partial charge on any atom is -0.457 e. The minimum absolute atomic E-state index is 0.104. The highest BCUT2D eigenvalue weighted by molar-refractivity contribution is 5.69. The summed E-state index contributed by atoms with van der Waals surface area (Å²) in [6.45, 7) is 4.64. The molecular weight excluding hydrogens is 817 g/mol. The van der Waals surface area contributed by atoms with E-state index in [-0.39, 0.29) is 19.2 Å². The maximum Gasteiger partial charge on any atom is 0.306 e. The molecule has 9 heteroatoms. The Morgan fingerprint density at radius 2 is 0.754 bits per heavy atom. The van der Waals surface area contributed by atoms with Crippen LogP contribution in [-0.4, -0.2) is 89.6 Å². The van der Waals surface area contributed by atoms with Gasteiger partial charge in [-0.1, -0.05) is 271 Å². The Labute approximate surface area is 402 Å². The molecule has 388 valence electrons. The zero-order chi connectivity index (χ0) is 47.1. The molecule has 1 aliphatic heterocycles. The lowest BCUT2D eigenvalue weighted by molar-refractivity contribution is -0.305. The summed E-state index contributed by atoms with van der Waals surface area (Å²) in [5, 5.41) is 40.3. The van der Waals surface area contributed by atoms with Gasteiger partial charge in [-0.05, 0) is 12.8 Å². The van der Waals surface area contributed by atoms with Crippen LogP contribution in [0.4, 0.5) is 0 Å². The zero-order valence-corrected chi connectivity index (χ0v) is 43.0. The van der Waals surface area contributed by atoms with Crippen LogP contribution in [0.2, 0.25) is 0 Å². The van der Waals surface area contributed by atoms with E-state index in [4.69, 9.17) is 18.9 Å². The highest BCUT2D eigenvalue weighted by atomic mass is 16.7. The number of hydrogen-bond donors (Lipinski definition) is 4. The van der Waals surface area contributed by atoms with Gasteiger partial charge in [-0.3, -0.25) is 4.79 Å². The fourth-order valence-corrected chi connectivity index (χ4v) is 9.32. The maximum absolute atomic E-state index is 12.8.